The standard InChI is InChI=1S/C19H26BrN5O2.HI/c1-13(2)17-11-16(27-25-17)12-24-19(21-3)23-10-4-9-22-18(26)14-5-7-15(20)8-6-14;/h5-8,11,13H,4,9-10,12H2,1-3H3,(H,22,26)(H2,21,23,24);1H. The largest absolute Gasteiger partial charge is 0.359 e. The highest BCUT2D eigenvalue weighted by Gasteiger charge is 2.08. The maximum absolute atomic E-state index is 12.0. The van der Waals surface area contributed by atoms with E-state index in [9.17, 15) is 4.79 Å². The van der Waals surface area contributed by atoms with Crippen LogP contribution in [0.15, 0.2) is 44.3 Å². The SMILES string of the molecule is CN=C(NCCCNC(=O)c1ccc(Br)cc1)NCc1cc(C(C)C)no1.I. The van der Waals surface area contributed by atoms with Crippen molar-refractivity contribution in [1.29, 1.82) is 0 Å². The number of carbonyl (C=O) groups is 1. The van der Waals surface area contributed by atoms with Crippen molar-refractivity contribution in [3.05, 3.63) is 51.8 Å². The van der Waals surface area contributed by atoms with Gasteiger partial charge in [0.1, 0.15) is 0 Å². The molecule has 0 radical (unpaired) electrons. The van der Waals surface area contributed by atoms with E-state index in [1.54, 1.807) is 19.2 Å². The number of nitrogens with zero attached hydrogens (tertiary/aromatic N) is 2. The van der Waals surface area contributed by atoms with Gasteiger partial charge in [-0.25, -0.2) is 0 Å². The van der Waals surface area contributed by atoms with E-state index in [0.717, 1.165) is 22.3 Å². The zero-order valence-electron chi connectivity index (χ0n) is 16.3. The van der Waals surface area contributed by atoms with Crippen molar-refractivity contribution in [1.82, 2.24) is 21.1 Å². The average molecular weight is 564 g/mol. The molecule has 1 heterocycles. The summed E-state index contributed by atoms with van der Waals surface area (Å²) < 4.78 is 6.25. The molecule has 0 fully saturated rings. The fourth-order valence-corrected chi connectivity index (χ4v) is 2.54. The van der Waals surface area contributed by atoms with Crippen LogP contribution < -0.4 is 16.0 Å². The molecule has 0 unspecified atom stereocenters. The third-order valence-electron chi connectivity index (χ3n) is 3.86. The average Bonchev–Trinajstić information content (AvgIpc) is 3.13. The first-order valence-electron chi connectivity index (χ1n) is 8.93. The number of nitrogens with one attached hydrogen (secondary N) is 3. The first-order chi connectivity index (χ1) is 13.0. The molecule has 0 atom stereocenters. The van der Waals surface area contributed by atoms with Crippen LogP contribution >= 0.6 is 39.9 Å². The minimum absolute atomic E-state index is 0. The topological polar surface area (TPSA) is 91.5 Å². The minimum atomic E-state index is -0.0729. The number of benzene rings is 1. The van der Waals surface area contributed by atoms with Crippen LogP contribution in [0.2, 0.25) is 0 Å². The van der Waals surface area contributed by atoms with E-state index in [-0.39, 0.29) is 29.9 Å². The Balaban J connectivity index is 0.00000392. The maximum atomic E-state index is 12.0. The number of guanidine groups is 1. The molecule has 1 aromatic heterocycles. The van der Waals surface area contributed by atoms with Crippen LogP contribution in [0.25, 0.3) is 0 Å². The molecule has 1 amide bonds. The molecule has 0 saturated carbocycles. The number of halogens is 2. The van der Waals surface area contributed by atoms with E-state index in [1.807, 2.05) is 18.2 Å². The smallest absolute Gasteiger partial charge is 0.251 e. The third-order valence-corrected chi connectivity index (χ3v) is 4.39. The van der Waals surface area contributed by atoms with Crippen LogP contribution in [0.5, 0.6) is 0 Å². The minimum Gasteiger partial charge on any atom is -0.359 e. The summed E-state index contributed by atoms with van der Waals surface area (Å²) in [6, 6.07) is 9.23. The predicted octanol–water partition coefficient (Wildman–Crippen LogP) is 3.66. The molecule has 154 valence electrons. The van der Waals surface area contributed by atoms with E-state index in [0.29, 0.717) is 37.1 Å². The lowest BCUT2D eigenvalue weighted by atomic mass is 10.1. The Kier molecular flexibility index (Phi) is 11.1. The number of carbonyl (C=O) groups excluding carboxylic acids is 1. The molecular weight excluding hydrogens is 537 g/mol. The predicted molar refractivity (Wildman–Crippen MR) is 125 cm³/mol. The summed E-state index contributed by atoms with van der Waals surface area (Å²) in [5.41, 5.74) is 1.59. The summed E-state index contributed by atoms with van der Waals surface area (Å²) in [7, 11) is 1.71. The number of rotatable bonds is 8. The Morgan fingerprint density at radius 2 is 1.86 bits per heavy atom. The molecule has 7 nitrogen and oxygen atoms in total. The van der Waals surface area contributed by atoms with Crippen LogP contribution in [0.4, 0.5) is 0 Å². The van der Waals surface area contributed by atoms with Crippen molar-refractivity contribution in [3.8, 4) is 0 Å². The Morgan fingerprint density at radius 3 is 2.46 bits per heavy atom. The highest BCUT2D eigenvalue weighted by atomic mass is 127. The second-order valence-electron chi connectivity index (χ2n) is 6.34. The van der Waals surface area contributed by atoms with Gasteiger partial charge in [-0.3, -0.25) is 9.79 Å². The fourth-order valence-electron chi connectivity index (χ4n) is 2.28. The molecule has 0 saturated heterocycles. The number of amides is 1. The van der Waals surface area contributed by atoms with Crippen molar-refractivity contribution >= 4 is 51.8 Å². The van der Waals surface area contributed by atoms with Gasteiger partial charge >= 0.3 is 0 Å². The quantitative estimate of drug-likeness (QED) is 0.197. The Bertz CT molecular complexity index is 762. The van der Waals surface area contributed by atoms with E-state index >= 15 is 0 Å². The lowest BCUT2D eigenvalue weighted by Crippen LogP contribution is -2.38. The number of aromatic nitrogens is 1. The van der Waals surface area contributed by atoms with Gasteiger partial charge in [-0.05, 0) is 36.6 Å². The summed E-state index contributed by atoms with van der Waals surface area (Å²) in [5.74, 6) is 1.71. The van der Waals surface area contributed by atoms with Crippen molar-refractivity contribution < 1.29 is 9.32 Å². The van der Waals surface area contributed by atoms with Gasteiger partial charge in [-0.1, -0.05) is 34.9 Å². The molecule has 0 spiro atoms. The number of aliphatic imine (C=N–C) groups is 1. The fraction of sp³-hybridized carbons (Fsp3) is 0.421. The summed E-state index contributed by atoms with van der Waals surface area (Å²) in [6.07, 6.45) is 0.781. The second kappa shape index (κ2) is 12.8. The third kappa shape index (κ3) is 8.17. The number of hydrogen-bond acceptors (Lipinski definition) is 4. The zero-order valence-corrected chi connectivity index (χ0v) is 20.2. The van der Waals surface area contributed by atoms with Crippen molar-refractivity contribution in [2.45, 2.75) is 32.7 Å². The highest BCUT2D eigenvalue weighted by molar-refractivity contribution is 14.0. The Hall–Kier alpha value is -1.62. The molecule has 0 aliphatic rings. The van der Waals surface area contributed by atoms with Gasteiger partial charge in [0.15, 0.2) is 11.7 Å². The molecule has 2 aromatic rings. The Morgan fingerprint density at radius 1 is 1.18 bits per heavy atom. The van der Waals surface area contributed by atoms with E-state index in [2.05, 4.69) is 55.9 Å². The van der Waals surface area contributed by atoms with Gasteiger partial charge in [-0.2, -0.15) is 0 Å². The first kappa shape index (κ1) is 24.4. The summed E-state index contributed by atoms with van der Waals surface area (Å²) in [4.78, 5) is 16.2. The molecular formula is C19H27BrIN5O2. The van der Waals surface area contributed by atoms with Crippen molar-refractivity contribution in [2.75, 3.05) is 20.1 Å². The lowest BCUT2D eigenvalue weighted by Gasteiger charge is -2.11. The van der Waals surface area contributed by atoms with Crippen molar-refractivity contribution in [3.63, 3.8) is 0 Å². The van der Waals surface area contributed by atoms with Gasteiger partial charge in [0, 0.05) is 36.2 Å². The summed E-state index contributed by atoms with van der Waals surface area (Å²) >= 11 is 3.36. The van der Waals surface area contributed by atoms with Crippen LogP contribution in [0.3, 0.4) is 0 Å². The van der Waals surface area contributed by atoms with Crippen LogP contribution in [0.1, 0.15) is 48.0 Å². The van der Waals surface area contributed by atoms with E-state index < -0.39 is 0 Å². The number of hydrogen-bond donors (Lipinski definition) is 3. The van der Waals surface area contributed by atoms with Crippen LogP contribution in [-0.4, -0.2) is 37.2 Å². The van der Waals surface area contributed by atoms with Crippen molar-refractivity contribution in [2.24, 2.45) is 4.99 Å². The lowest BCUT2D eigenvalue weighted by molar-refractivity contribution is 0.0953. The monoisotopic (exact) mass is 563 g/mol. The van der Waals surface area contributed by atoms with Gasteiger partial charge < -0.3 is 20.5 Å². The van der Waals surface area contributed by atoms with Gasteiger partial charge in [-0.15, -0.1) is 24.0 Å². The zero-order chi connectivity index (χ0) is 19.6. The molecule has 28 heavy (non-hydrogen) atoms. The molecule has 1 aromatic carbocycles. The molecule has 0 bridgehead atoms. The molecule has 0 aliphatic carbocycles. The molecule has 9 heteroatoms. The van der Waals surface area contributed by atoms with Gasteiger partial charge in [0.25, 0.3) is 5.91 Å². The van der Waals surface area contributed by atoms with Crippen LogP contribution in [0, 0.1) is 0 Å². The highest BCUT2D eigenvalue weighted by Crippen LogP contribution is 2.13. The normalized spacial score (nSPS) is 11.1. The van der Waals surface area contributed by atoms with Gasteiger partial charge in [0.05, 0.1) is 12.2 Å². The van der Waals surface area contributed by atoms with Gasteiger partial charge in [0.2, 0.25) is 0 Å². The van der Waals surface area contributed by atoms with E-state index in [1.165, 1.54) is 0 Å². The summed E-state index contributed by atoms with van der Waals surface area (Å²) in [6.45, 7) is 5.93. The van der Waals surface area contributed by atoms with Crippen LogP contribution in [-0.2, 0) is 6.54 Å². The Labute approximate surface area is 191 Å². The summed E-state index contributed by atoms with van der Waals surface area (Å²) in [5, 5.41) is 13.3. The first-order valence-corrected chi connectivity index (χ1v) is 9.72. The molecule has 2 rings (SSSR count). The molecule has 3 N–H and O–H groups in total. The second-order valence-corrected chi connectivity index (χ2v) is 7.26. The van der Waals surface area contributed by atoms with E-state index in [4.69, 9.17) is 4.52 Å². The maximum Gasteiger partial charge on any atom is 0.251 e. The molecule has 0 aliphatic heterocycles.